The zero-order chi connectivity index (χ0) is 10.8. The molecule has 1 aliphatic heterocycles. The van der Waals surface area contributed by atoms with Crippen LogP contribution >= 0.6 is 0 Å². The highest BCUT2D eigenvalue weighted by Crippen LogP contribution is 2.26. The van der Waals surface area contributed by atoms with Crippen molar-refractivity contribution >= 4 is 0 Å². The van der Waals surface area contributed by atoms with Gasteiger partial charge in [-0.15, -0.1) is 0 Å². The van der Waals surface area contributed by atoms with Gasteiger partial charge in [-0.25, -0.2) is 0 Å². The van der Waals surface area contributed by atoms with Gasteiger partial charge >= 0.3 is 0 Å². The SMILES string of the molecule is CN1CCO[C@@H](CN)[C@@H]1c1ccnn1C. The van der Waals surface area contributed by atoms with Crippen LogP contribution in [0.4, 0.5) is 0 Å². The minimum atomic E-state index is 0.0687. The highest BCUT2D eigenvalue weighted by atomic mass is 16.5. The van der Waals surface area contributed by atoms with Gasteiger partial charge in [-0.1, -0.05) is 0 Å². The van der Waals surface area contributed by atoms with Crippen molar-refractivity contribution in [2.45, 2.75) is 12.1 Å². The van der Waals surface area contributed by atoms with Gasteiger partial charge in [0, 0.05) is 26.3 Å². The molecule has 2 atom stereocenters. The summed E-state index contributed by atoms with van der Waals surface area (Å²) in [5, 5.41) is 4.19. The van der Waals surface area contributed by atoms with Gasteiger partial charge in [0.2, 0.25) is 0 Å². The van der Waals surface area contributed by atoms with E-state index >= 15 is 0 Å². The van der Waals surface area contributed by atoms with Crippen molar-refractivity contribution in [3.05, 3.63) is 18.0 Å². The molecule has 0 spiro atoms. The molecule has 15 heavy (non-hydrogen) atoms. The summed E-state index contributed by atoms with van der Waals surface area (Å²) in [4.78, 5) is 2.28. The number of hydrogen-bond acceptors (Lipinski definition) is 4. The molecule has 0 saturated carbocycles. The number of ether oxygens (including phenoxy) is 1. The molecule has 1 fully saturated rings. The van der Waals surface area contributed by atoms with E-state index in [4.69, 9.17) is 10.5 Å². The maximum Gasteiger partial charge on any atom is 0.0909 e. The lowest BCUT2D eigenvalue weighted by Gasteiger charge is -2.38. The van der Waals surface area contributed by atoms with E-state index in [1.165, 1.54) is 0 Å². The minimum absolute atomic E-state index is 0.0687. The van der Waals surface area contributed by atoms with Crippen molar-refractivity contribution in [2.24, 2.45) is 12.8 Å². The van der Waals surface area contributed by atoms with Gasteiger partial charge in [0.15, 0.2) is 0 Å². The first-order valence-corrected chi connectivity index (χ1v) is 5.24. The summed E-state index contributed by atoms with van der Waals surface area (Å²) >= 11 is 0. The smallest absolute Gasteiger partial charge is 0.0909 e. The Balaban J connectivity index is 2.27. The fourth-order valence-electron chi connectivity index (χ4n) is 2.15. The van der Waals surface area contributed by atoms with Crippen LogP contribution in [0.25, 0.3) is 0 Å². The molecule has 0 aliphatic carbocycles. The molecule has 5 nitrogen and oxygen atoms in total. The van der Waals surface area contributed by atoms with Crippen molar-refractivity contribution in [3.63, 3.8) is 0 Å². The van der Waals surface area contributed by atoms with Crippen LogP contribution in [0.1, 0.15) is 11.7 Å². The summed E-state index contributed by atoms with van der Waals surface area (Å²) in [7, 11) is 4.05. The van der Waals surface area contributed by atoms with Gasteiger partial charge in [0.05, 0.1) is 24.4 Å². The number of hydrogen-bond donors (Lipinski definition) is 1. The van der Waals surface area contributed by atoms with Gasteiger partial charge < -0.3 is 10.5 Å². The number of nitrogens with zero attached hydrogens (tertiary/aromatic N) is 3. The lowest BCUT2D eigenvalue weighted by Crippen LogP contribution is -2.47. The van der Waals surface area contributed by atoms with Crippen molar-refractivity contribution in [1.82, 2.24) is 14.7 Å². The highest BCUT2D eigenvalue weighted by molar-refractivity contribution is 5.10. The molecule has 0 aromatic carbocycles. The number of rotatable bonds is 2. The summed E-state index contributed by atoms with van der Waals surface area (Å²) in [5.74, 6) is 0. The number of aryl methyl sites for hydroxylation is 1. The fraction of sp³-hybridized carbons (Fsp3) is 0.700. The van der Waals surface area contributed by atoms with Crippen molar-refractivity contribution in [3.8, 4) is 0 Å². The molecule has 1 saturated heterocycles. The largest absolute Gasteiger partial charge is 0.374 e. The second-order valence-corrected chi connectivity index (χ2v) is 3.95. The third kappa shape index (κ3) is 1.90. The molecule has 1 aliphatic rings. The summed E-state index contributed by atoms with van der Waals surface area (Å²) in [6.07, 6.45) is 1.88. The Morgan fingerprint density at radius 3 is 3.00 bits per heavy atom. The lowest BCUT2D eigenvalue weighted by molar-refractivity contribution is -0.0600. The number of nitrogens with two attached hydrogens (primary N) is 1. The summed E-state index contributed by atoms with van der Waals surface area (Å²) in [6.45, 7) is 2.24. The van der Waals surface area contributed by atoms with E-state index in [2.05, 4.69) is 17.0 Å². The number of aromatic nitrogens is 2. The third-order valence-electron chi connectivity index (χ3n) is 3.00. The van der Waals surface area contributed by atoms with Crippen LogP contribution in [-0.2, 0) is 11.8 Å². The predicted molar refractivity (Wildman–Crippen MR) is 57.4 cm³/mol. The second kappa shape index (κ2) is 4.30. The van der Waals surface area contributed by atoms with E-state index in [0.717, 1.165) is 18.8 Å². The zero-order valence-corrected chi connectivity index (χ0v) is 9.26. The maximum atomic E-state index is 5.73. The first-order valence-electron chi connectivity index (χ1n) is 5.24. The van der Waals surface area contributed by atoms with Crippen LogP contribution in [0.2, 0.25) is 0 Å². The van der Waals surface area contributed by atoms with E-state index in [0.29, 0.717) is 6.54 Å². The Kier molecular flexibility index (Phi) is 3.04. The van der Waals surface area contributed by atoms with Gasteiger partial charge in [-0.2, -0.15) is 5.10 Å². The zero-order valence-electron chi connectivity index (χ0n) is 9.26. The van der Waals surface area contributed by atoms with Crippen LogP contribution in [0, 0.1) is 0 Å². The van der Waals surface area contributed by atoms with E-state index < -0.39 is 0 Å². The van der Waals surface area contributed by atoms with Crippen molar-refractivity contribution < 1.29 is 4.74 Å². The molecule has 0 unspecified atom stereocenters. The van der Waals surface area contributed by atoms with Gasteiger partial charge in [-0.3, -0.25) is 9.58 Å². The maximum absolute atomic E-state index is 5.73. The Morgan fingerprint density at radius 2 is 2.40 bits per heavy atom. The summed E-state index contributed by atoms with van der Waals surface area (Å²) < 4.78 is 7.57. The molecular weight excluding hydrogens is 192 g/mol. The monoisotopic (exact) mass is 210 g/mol. The molecule has 1 aromatic rings. The fourth-order valence-corrected chi connectivity index (χ4v) is 2.15. The molecule has 2 N–H and O–H groups in total. The van der Waals surface area contributed by atoms with E-state index in [-0.39, 0.29) is 12.1 Å². The normalized spacial score (nSPS) is 28.2. The molecule has 0 radical (unpaired) electrons. The molecule has 84 valence electrons. The highest BCUT2D eigenvalue weighted by Gasteiger charge is 2.32. The first-order chi connectivity index (χ1) is 7.24. The lowest BCUT2D eigenvalue weighted by atomic mass is 10.0. The quantitative estimate of drug-likeness (QED) is 0.731. The number of likely N-dealkylation sites (N-methyl/N-ethyl adjacent to an activating group) is 1. The Labute approximate surface area is 89.8 Å². The first kappa shape index (κ1) is 10.6. The summed E-state index contributed by atoms with van der Waals surface area (Å²) in [6, 6.07) is 2.25. The van der Waals surface area contributed by atoms with Crippen molar-refractivity contribution in [1.29, 1.82) is 0 Å². The third-order valence-corrected chi connectivity index (χ3v) is 3.00. The number of morpholine rings is 1. The van der Waals surface area contributed by atoms with Gasteiger partial charge in [0.1, 0.15) is 0 Å². The van der Waals surface area contributed by atoms with E-state index in [1.54, 1.807) is 0 Å². The Bertz CT molecular complexity index is 325. The second-order valence-electron chi connectivity index (χ2n) is 3.95. The summed E-state index contributed by atoms with van der Waals surface area (Å²) in [5.41, 5.74) is 6.89. The van der Waals surface area contributed by atoms with Crippen LogP contribution in [0.3, 0.4) is 0 Å². The Hall–Kier alpha value is -0.910. The minimum Gasteiger partial charge on any atom is -0.374 e. The molecule has 2 heterocycles. The predicted octanol–water partition coefficient (Wildman–Crippen LogP) is -0.249. The molecule has 0 amide bonds. The molecule has 0 bridgehead atoms. The average Bonchev–Trinajstić information content (AvgIpc) is 2.64. The van der Waals surface area contributed by atoms with Crippen LogP contribution in [0.5, 0.6) is 0 Å². The van der Waals surface area contributed by atoms with E-state index in [1.807, 2.05) is 24.0 Å². The van der Waals surface area contributed by atoms with Crippen LogP contribution in [-0.4, -0.2) is 47.5 Å². The molecule has 1 aromatic heterocycles. The average molecular weight is 210 g/mol. The van der Waals surface area contributed by atoms with E-state index in [9.17, 15) is 0 Å². The van der Waals surface area contributed by atoms with Gasteiger partial charge in [0.25, 0.3) is 0 Å². The van der Waals surface area contributed by atoms with Crippen LogP contribution < -0.4 is 5.73 Å². The topological polar surface area (TPSA) is 56.3 Å². The molecule has 2 rings (SSSR count). The Morgan fingerprint density at radius 1 is 1.60 bits per heavy atom. The molecule has 5 heteroatoms. The standard InChI is InChI=1S/C10H18N4O/c1-13-5-6-15-9(7-11)10(13)8-3-4-12-14(8)2/h3-4,9-10H,5-7,11H2,1-2H3/t9-,10-/m0/s1. The van der Waals surface area contributed by atoms with Crippen molar-refractivity contribution in [2.75, 3.05) is 26.7 Å². The van der Waals surface area contributed by atoms with Gasteiger partial charge in [-0.05, 0) is 13.1 Å². The van der Waals surface area contributed by atoms with Crippen LogP contribution in [0.15, 0.2) is 12.3 Å². The molecular formula is C10H18N4O.